The fourth-order valence-electron chi connectivity index (χ4n) is 2.69. The molecule has 0 spiro atoms. The van der Waals surface area contributed by atoms with Gasteiger partial charge in [-0.15, -0.1) is 0 Å². The highest BCUT2D eigenvalue weighted by atomic mass is 32.1. The monoisotopic (exact) mass is 390 g/mol. The summed E-state index contributed by atoms with van der Waals surface area (Å²) in [5, 5.41) is 4.21. The molecule has 0 aliphatic heterocycles. The number of carbonyl (C=O) groups excluding carboxylic acids is 1. The molecular formula is C18H22N4O4S. The molecule has 8 nitrogen and oxygen atoms in total. The summed E-state index contributed by atoms with van der Waals surface area (Å²) in [5.41, 5.74) is 2.12. The number of fused-ring (bicyclic) bond motifs is 1. The van der Waals surface area contributed by atoms with Crippen molar-refractivity contribution in [2.45, 2.75) is 13.5 Å². The Labute approximate surface area is 160 Å². The highest BCUT2D eigenvalue weighted by Gasteiger charge is 2.15. The van der Waals surface area contributed by atoms with Crippen molar-refractivity contribution >= 4 is 27.5 Å². The maximum absolute atomic E-state index is 12.6. The third-order valence-electron chi connectivity index (χ3n) is 4.24. The van der Waals surface area contributed by atoms with Crippen molar-refractivity contribution in [3.05, 3.63) is 34.4 Å². The van der Waals surface area contributed by atoms with E-state index in [0.29, 0.717) is 35.1 Å². The van der Waals surface area contributed by atoms with Crippen molar-refractivity contribution in [2.75, 3.05) is 27.9 Å². The summed E-state index contributed by atoms with van der Waals surface area (Å²) in [6.07, 6.45) is 0. The molecule has 0 bridgehead atoms. The van der Waals surface area contributed by atoms with Crippen LogP contribution in [0.2, 0.25) is 0 Å². The standard InChI is InChI=1S/C18H22N4O4S/c1-11-8-12(20-21(11)2)17(23)19-18-22(6-7-24-3)13-9-14(25-4)15(26-5)10-16(13)27-18/h8-10H,6-7H2,1-5H3. The maximum Gasteiger partial charge on any atom is 0.300 e. The first-order valence-corrected chi connectivity index (χ1v) is 9.14. The van der Waals surface area contributed by atoms with E-state index >= 15 is 0 Å². The number of aromatic nitrogens is 3. The first-order chi connectivity index (χ1) is 13.0. The molecule has 0 radical (unpaired) electrons. The Morgan fingerprint density at radius 3 is 2.48 bits per heavy atom. The van der Waals surface area contributed by atoms with E-state index in [9.17, 15) is 4.79 Å². The molecule has 1 amide bonds. The normalized spacial score (nSPS) is 12.0. The molecule has 9 heteroatoms. The van der Waals surface area contributed by atoms with Gasteiger partial charge in [0.25, 0.3) is 5.91 Å². The van der Waals surface area contributed by atoms with E-state index in [-0.39, 0.29) is 5.91 Å². The first-order valence-electron chi connectivity index (χ1n) is 8.32. The molecular weight excluding hydrogens is 368 g/mol. The minimum atomic E-state index is -0.379. The van der Waals surface area contributed by atoms with E-state index in [1.165, 1.54) is 11.3 Å². The van der Waals surface area contributed by atoms with Crippen molar-refractivity contribution in [3.63, 3.8) is 0 Å². The molecule has 3 rings (SSSR count). The molecule has 3 aromatic rings. The van der Waals surface area contributed by atoms with Crippen molar-refractivity contribution in [2.24, 2.45) is 12.0 Å². The Bertz CT molecular complexity index is 1030. The van der Waals surface area contributed by atoms with Crippen molar-refractivity contribution in [1.29, 1.82) is 0 Å². The second kappa shape index (κ2) is 7.93. The number of amides is 1. The molecule has 0 aliphatic carbocycles. The Hall–Kier alpha value is -2.65. The summed E-state index contributed by atoms with van der Waals surface area (Å²) in [4.78, 5) is 17.5. The van der Waals surface area contributed by atoms with Crippen LogP contribution in [0.1, 0.15) is 16.2 Å². The predicted molar refractivity (Wildman–Crippen MR) is 103 cm³/mol. The van der Waals surface area contributed by atoms with E-state index in [1.54, 1.807) is 39.1 Å². The summed E-state index contributed by atoms with van der Waals surface area (Å²) >= 11 is 1.41. The van der Waals surface area contributed by atoms with Crippen LogP contribution in [0.15, 0.2) is 23.2 Å². The summed E-state index contributed by atoms with van der Waals surface area (Å²) < 4.78 is 20.5. The number of benzene rings is 1. The lowest BCUT2D eigenvalue weighted by atomic mass is 10.3. The lowest BCUT2D eigenvalue weighted by molar-refractivity contribution is 0.0992. The van der Waals surface area contributed by atoms with Gasteiger partial charge in [-0.2, -0.15) is 10.1 Å². The fraction of sp³-hybridized carbons (Fsp3) is 0.389. The van der Waals surface area contributed by atoms with Crippen molar-refractivity contribution in [1.82, 2.24) is 14.3 Å². The van der Waals surface area contributed by atoms with Gasteiger partial charge in [0.2, 0.25) is 0 Å². The highest BCUT2D eigenvalue weighted by molar-refractivity contribution is 7.16. The number of thiazole rings is 1. The molecule has 1 aromatic carbocycles. The summed E-state index contributed by atoms with van der Waals surface area (Å²) in [6, 6.07) is 5.50. The van der Waals surface area contributed by atoms with Gasteiger partial charge in [0.05, 0.1) is 31.0 Å². The minimum Gasteiger partial charge on any atom is -0.493 e. The van der Waals surface area contributed by atoms with Gasteiger partial charge >= 0.3 is 0 Å². The molecule has 0 N–H and O–H groups in total. The van der Waals surface area contributed by atoms with Gasteiger partial charge in [-0.1, -0.05) is 11.3 Å². The van der Waals surface area contributed by atoms with Crippen LogP contribution in [0, 0.1) is 6.92 Å². The lowest BCUT2D eigenvalue weighted by Gasteiger charge is -2.09. The number of aryl methyl sites for hydroxylation is 2. The van der Waals surface area contributed by atoms with Gasteiger partial charge in [-0.25, -0.2) is 0 Å². The Morgan fingerprint density at radius 2 is 1.89 bits per heavy atom. The molecule has 2 aromatic heterocycles. The Morgan fingerprint density at radius 1 is 1.19 bits per heavy atom. The van der Waals surface area contributed by atoms with Gasteiger partial charge in [0.15, 0.2) is 22.0 Å². The van der Waals surface area contributed by atoms with E-state index in [2.05, 4.69) is 10.1 Å². The average molecular weight is 390 g/mol. The number of nitrogens with zero attached hydrogens (tertiary/aromatic N) is 4. The van der Waals surface area contributed by atoms with Gasteiger partial charge in [0, 0.05) is 38.5 Å². The number of ether oxygens (including phenoxy) is 3. The molecule has 0 atom stereocenters. The largest absolute Gasteiger partial charge is 0.493 e. The number of rotatable bonds is 6. The molecule has 0 saturated heterocycles. The smallest absolute Gasteiger partial charge is 0.300 e. The van der Waals surface area contributed by atoms with Crippen LogP contribution in [0.25, 0.3) is 10.2 Å². The van der Waals surface area contributed by atoms with Crippen LogP contribution in [0.3, 0.4) is 0 Å². The molecule has 27 heavy (non-hydrogen) atoms. The molecule has 0 fully saturated rings. The predicted octanol–water partition coefficient (Wildman–Crippen LogP) is 2.15. The molecule has 0 saturated carbocycles. The molecule has 144 valence electrons. The number of hydrogen-bond donors (Lipinski definition) is 0. The zero-order chi connectivity index (χ0) is 19.6. The lowest BCUT2D eigenvalue weighted by Crippen LogP contribution is -2.19. The zero-order valence-corrected chi connectivity index (χ0v) is 16.8. The Balaban J connectivity index is 2.16. The molecule has 0 aliphatic rings. The maximum atomic E-state index is 12.6. The van der Waals surface area contributed by atoms with Crippen LogP contribution >= 0.6 is 11.3 Å². The number of carbonyl (C=O) groups is 1. The van der Waals surface area contributed by atoms with E-state index < -0.39 is 0 Å². The first kappa shape index (κ1) is 19.1. The van der Waals surface area contributed by atoms with E-state index in [0.717, 1.165) is 15.9 Å². The number of hydrogen-bond acceptors (Lipinski definition) is 6. The third-order valence-corrected chi connectivity index (χ3v) is 5.28. The van der Waals surface area contributed by atoms with Crippen LogP contribution in [-0.2, 0) is 18.3 Å². The summed E-state index contributed by atoms with van der Waals surface area (Å²) in [5.74, 6) is 0.867. The van der Waals surface area contributed by atoms with E-state index in [4.69, 9.17) is 14.2 Å². The zero-order valence-electron chi connectivity index (χ0n) is 16.0. The second-order valence-electron chi connectivity index (χ2n) is 5.92. The van der Waals surface area contributed by atoms with Gasteiger partial charge in [-0.05, 0) is 13.0 Å². The molecule has 2 heterocycles. The van der Waals surface area contributed by atoms with Gasteiger partial charge < -0.3 is 18.8 Å². The van der Waals surface area contributed by atoms with E-state index in [1.807, 2.05) is 23.6 Å². The SMILES string of the molecule is COCCn1c(=NC(=O)c2cc(C)n(C)n2)sc2cc(OC)c(OC)cc21. The van der Waals surface area contributed by atoms with Gasteiger partial charge in [0.1, 0.15) is 0 Å². The minimum absolute atomic E-state index is 0.320. The summed E-state index contributed by atoms with van der Waals surface area (Å²) in [7, 11) is 6.61. The molecule has 0 unspecified atom stereocenters. The third kappa shape index (κ3) is 3.74. The van der Waals surface area contributed by atoms with Crippen LogP contribution in [-0.4, -0.2) is 48.2 Å². The number of methoxy groups -OCH3 is 3. The van der Waals surface area contributed by atoms with Crippen LogP contribution in [0.5, 0.6) is 11.5 Å². The van der Waals surface area contributed by atoms with Crippen molar-refractivity contribution < 1.29 is 19.0 Å². The van der Waals surface area contributed by atoms with Crippen LogP contribution in [0.4, 0.5) is 0 Å². The average Bonchev–Trinajstić information content (AvgIpc) is 3.17. The summed E-state index contributed by atoms with van der Waals surface area (Å²) in [6.45, 7) is 2.93. The van der Waals surface area contributed by atoms with Crippen molar-refractivity contribution in [3.8, 4) is 11.5 Å². The van der Waals surface area contributed by atoms with Crippen LogP contribution < -0.4 is 14.3 Å². The van der Waals surface area contributed by atoms with Gasteiger partial charge in [-0.3, -0.25) is 9.48 Å². The quantitative estimate of drug-likeness (QED) is 0.644. The fourth-order valence-corrected chi connectivity index (χ4v) is 3.75. The topological polar surface area (TPSA) is 79.9 Å². The highest BCUT2D eigenvalue weighted by Crippen LogP contribution is 2.33. The Kier molecular flexibility index (Phi) is 5.62. The second-order valence-corrected chi connectivity index (χ2v) is 6.92.